The van der Waals surface area contributed by atoms with Gasteiger partial charge >= 0.3 is 0 Å². The summed E-state index contributed by atoms with van der Waals surface area (Å²) in [5, 5.41) is 5.53. The second kappa shape index (κ2) is 8.10. The molecule has 0 spiro atoms. The molecule has 134 valence electrons. The number of nitrogens with one attached hydrogen (secondary N) is 1. The molecule has 0 fully saturated rings. The molecule has 1 aromatic heterocycles. The molecular formula is C20H19FN2O2S. The third-order valence-corrected chi connectivity index (χ3v) is 4.71. The number of thiazole rings is 1. The van der Waals surface area contributed by atoms with Gasteiger partial charge in [0.1, 0.15) is 16.6 Å². The van der Waals surface area contributed by atoms with Gasteiger partial charge in [0.05, 0.1) is 18.7 Å². The average molecular weight is 370 g/mol. The summed E-state index contributed by atoms with van der Waals surface area (Å²) < 4.78 is 18.6. The average Bonchev–Trinajstić information content (AvgIpc) is 3.07. The van der Waals surface area contributed by atoms with Gasteiger partial charge in [-0.1, -0.05) is 0 Å². The van der Waals surface area contributed by atoms with E-state index < -0.39 is 0 Å². The molecule has 0 aliphatic heterocycles. The first-order chi connectivity index (χ1) is 12.5. The van der Waals surface area contributed by atoms with Crippen LogP contribution in [0.5, 0.6) is 5.75 Å². The summed E-state index contributed by atoms with van der Waals surface area (Å²) in [6.45, 7) is 4.33. The fourth-order valence-electron chi connectivity index (χ4n) is 2.51. The highest BCUT2D eigenvalue weighted by Crippen LogP contribution is 2.26. The summed E-state index contributed by atoms with van der Waals surface area (Å²) in [5.74, 6) is 0.324. The van der Waals surface area contributed by atoms with E-state index in [-0.39, 0.29) is 18.1 Å². The van der Waals surface area contributed by atoms with Crippen LogP contribution < -0.4 is 10.1 Å². The molecule has 0 unspecified atom stereocenters. The number of halogens is 1. The van der Waals surface area contributed by atoms with Crippen LogP contribution in [0.15, 0.2) is 47.8 Å². The van der Waals surface area contributed by atoms with Crippen LogP contribution >= 0.6 is 11.3 Å². The molecule has 0 radical (unpaired) electrons. The number of ether oxygens (including phenoxy) is 1. The van der Waals surface area contributed by atoms with E-state index in [1.165, 1.54) is 23.5 Å². The number of hydrogen-bond donors (Lipinski definition) is 1. The van der Waals surface area contributed by atoms with Crippen molar-refractivity contribution in [3.63, 3.8) is 0 Å². The lowest BCUT2D eigenvalue weighted by Crippen LogP contribution is -2.15. The number of carbonyl (C=O) groups excluding carboxylic acids is 1. The van der Waals surface area contributed by atoms with E-state index in [1.54, 1.807) is 13.0 Å². The van der Waals surface area contributed by atoms with Crippen LogP contribution in [-0.2, 0) is 11.2 Å². The Balaban J connectivity index is 1.65. The molecule has 1 amide bonds. The Morgan fingerprint density at radius 1 is 1.23 bits per heavy atom. The lowest BCUT2D eigenvalue weighted by molar-refractivity contribution is -0.115. The molecule has 0 saturated heterocycles. The third-order valence-electron chi connectivity index (χ3n) is 3.77. The summed E-state index contributed by atoms with van der Waals surface area (Å²) >= 11 is 1.49. The molecule has 1 heterocycles. The van der Waals surface area contributed by atoms with Gasteiger partial charge in [-0.25, -0.2) is 9.37 Å². The first kappa shape index (κ1) is 18.1. The Labute approximate surface area is 155 Å². The normalized spacial score (nSPS) is 10.6. The predicted molar refractivity (Wildman–Crippen MR) is 102 cm³/mol. The van der Waals surface area contributed by atoms with Gasteiger partial charge in [-0.2, -0.15) is 0 Å². The number of benzene rings is 2. The number of amides is 1. The van der Waals surface area contributed by atoms with E-state index in [9.17, 15) is 9.18 Å². The summed E-state index contributed by atoms with van der Waals surface area (Å²) in [6, 6.07) is 12.0. The van der Waals surface area contributed by atoms with Crippen LogP contribution in [0.2, 0.25) is 0 Å². The molecule has 6 heteroatoms. The number of rotatable bonds is 6. The van der Waals surface area contributed by atoms with Crippen LogP contribution in [0.3, 0.4) is 0 Å². The highest BCUT2D eigenvalue weighted by atomic mass is 32.1. The minimum atomic E-state index is -0.319. The molecule has 1 N–H and O–H groups in total. The van der Waals surface area contributed by atoms with E-state index >= 15 is 0 Å². The first-order valence-corrected chi connectivity index (χ1v) is 9.16. The van der Waals surface area contributed by atoms with Crippen molar-refractivity contribution in [2.24, 2.45) is 0 Å². The maximum Gasteiger partial charge on any atom is 0.230 e. The summed E-state index contributed by atoms with van der Waals surface area (Å²) in [6.07, 6.45) is 0.171. The fraction of sp³-hybridized carbons (Fsp3) is 0.200. The van der Waals surface area contributed by atoms with Crippen LogP contribution in [-0.4, -0.2) is 17.5 Å². The number of hydrogen-bond acceptors (Lipinski definition) is 4. The molecule has 0 saturated carbocycles. The summed E-state index contributed by atoms with van der Waals surface area (Å²) in [5.41, 5.74) is 2.99. The zero-order chi connectivity index (χ0) is 18.5. The van der Waals surface area contributed by atoms with Gasteiger partial charge in [0, 0.05) is 16.6 Å². The Hall–Kier alpha value is -2.73. The molecule has 3 aromatic rings. The van der Waals surface area contributed by atoms with Crippen molar-refractivity contribution in [3.8, 4) is 16.3 Å². The van der Waals surface area contributed by atoms with E-state index in [0.717, 1.165) is 16.3 Å². The maximum atomic E-state index is 13.1. The third kappa shape index (κ3) is 4.46. The van der Waals surface area contributed by atoms with Crippen molar-refractivity contribution >= 4 is 22.9 Å². The smallest absolute Gasteiger partial charge is 0.230 e. The minimum absolute atomic E-state index is 0.171. The summed E-state index contributed by atoms with van der Waals surface area (Å²) in [7, 11) is 0. The molecule has 2 aromatic carbocycles. The molecular weight excluding hydrogens is 351 g/mol. The number of anilines is 1. The van der Waals surface area contributed by atoms with Crippen LogP contribution in [0.25, 0.3) is 10.6 Å². The van der Waals surface area contributed by atoms with Gasteiger partial charge in [-0.3, -0.25) is 4.79 Å². The number of nitrogens with zero attached hydrogens (tertiary/aromatic N) is 1. The van der Waals surface area contributed by atoms with Gasteiger partial charge in [-0.05, 0) is 61.9 Å². The Morgan fingerprint density at radius 3 is 2.69 bits per heavy atom. The van der Waals surface area contributed by atoms with E-state index in [0.29, 0.717) is 23.6 Å². The molecule has 3 rings (SSSR count). The van der Waals surface area contributed by atoms with Gasteiger partial charge in [0.15, 0.2) is 0 Å². The highest BCUT2D eigenvalue weighted by Gasteiger charge is 2.11. The first-order valence-electron chi connectivity index (χ1n) is 8.29. The molecule has 4 nitrogen and oxygen atoms in total. The predicted octanol–water partition coefficient (Wildman–Crippen LogP) is 4.84. The molecule has 0 aliphatic carbocycles. The number of aryl methyl sites for hydroxylation is 1. The monoisotopic (exact) mass is 370 g/mol. The summed E-state index contributed by atoms with van der Waals surface area (Å²) in [4.78, 5) is 16.8. The fourth-order valence-corrected chi connectivity index (χ4v) is 3.33. The lowest BCUT2D eigenvalue weighted by Gasteiger charge is -2.07. The Bertz CT molecular complexity index is 906. The van der Waals surface area contributed by atoms with E-state index in [4.69, 9.17) is 4.74 Å². The van der Waals surface area contributed by atoms with Crippen molar-refractivity contribution in [2.45, 2.75) is 20.3 Å². The Kier molecular flexibility index (Phi) is 5.63. The highest BCUT2D eigenvalue weighted by molar-refractivity contribution is 7.13. The lowest BCUT2D eigenvalue weighted by atomic mass is 10.2. The van der Waals surface area contributed by atoms with Crippen LogP contribution in [0.4, 0.5) is 10.1 Å². The van der Waals surface area contributed by atoms with Crippen molar-refractivity contribution < 1.29 is 13.9 Å². The van der Waals surface area contributed by atoms with Gasteiger partial charge in [-0.15, -0.1) is 11.3 Å². The maximum absolute atomic E-state index is 13.1. The second-order valence-electron chi connectivity index (χ2n) is 5.79. The van der Waals surface area contributed by atoms with Crippen molar-refractivity contribution in [2.75, 3.05) is 11.9 Å². The second-order valence-corrected chi connectivity index (χ2v) is 6.64. The van der Waals surface area contributed by atoms with Crippen molar-refractivity contribution in [1.82, 2.24) is 4.98 Å². The van der Waals surface area contributed by atoms with Crippen molar-refractivity contribution in [3.05, 3.63) is 64.9 Å². The van der Waals surface area contributed by atoms with Gasteiger partial charge in [0.2, 0.25) is 5.91 Å². The molecule has 26 heavy (non-hydrogen) atoms. The zero-order valence-electron chi connectivity index (χ0n) is 14.6. The SMILES string of the molecule is CCOc1ccc(-c2nc(CC(=O)Nc3ccc(F)cc3C)cs2)cc1. The van der Waals surface area contributed by atoms with Crippen LogP contribution in [0.1, 0.15) is 18.2 Å². The zero-order valence-corrected chi connectivity index (χ0v) is 15.4. The van der Waals surface area contributed by atoms with E-state index in [1.807, 2.05) is 36.6 Å². The quantitative estimate of drug-likeness (QED) is 0.676. The van der Waals surface area contributed by atoms with Crippen molar-refractivity contribution in [1.29, 1.82) is 0 Å². The topological polar surface area (TPSA) is 51.2 Å². The molecule has 0 atom stereocenters. The number of carbonyl (C=O) groups is 1. The Morgan fingerprint density at radius 2 is 2.00 bits per heavy atom. The molecule has 0 bridgehead atoms. The van der Waals surface area contributed by atoms with Crippen LogP contribution in [0, 0.1) is 12.7 Å². The van der Waals surface area contributed by atoms with Gasteiger partial charge < -0.3 is 10.1 Å². The molecule has 0 aliphatic rings. The largest absolute Gasteiger partial charge is 0.494 e. The minimum Gasteiger partial charge on any atom is -0.494 e. The van der Waals surface area contributed by atoms with E-state index in [2.05, 4.69) is 10.3 Å². The number of aromatic nitrogens is 1. The standard InChI is InChI=1S/C20H19FN2O2S/c1-3-25-17-7-4-14(5-8-17)20-22-16(12-26-20)11-19(24)23-18-9-6-15(21)10-13(18)2/h4-10,12H,3,11H2,1-2H3,(H,23,24). The van der Waals surface area contributed by atoms with Gasteiger partial charge in [0.25, 0.3) is 0 Å².